The summed E-state index contributed by atoms with van der Waals surface area (Å²) in [6, 6.07) is 9.74. The second-order valence-electron chi connectivity index (χ2n) is 5.60. The normalized spacial score (nSPS) is 13.3. The minimum absolute atomic E-state index is 0.630. The van der Waals surface area contributed by atoms with Gasteiger partial charge in [-0.05, 0) is 42.7 Å². The Morgan fingerprint density at radius 1 is 1.13 bits per heavy atom. The van der Waals surface area contributed by atoms with Crippen molar-refractivity contribution in [1.29, 1.82) is 0 Å². The Bertz CT molecular complexity index is 655. The lowest BCUT2D eigenvalue weighted by Gasteiger charge is -2.17. The lowest BCUT2D eigenvalue weighted by molar-refractivity contribution is 0.712. The predicted octanol–water partition coefficient (Wildman–Crippen LogP) is 3.95. The summed E-state index contributed by atoms with van der Waals surface area (Å²) in [5, 5.41) is 11.2. The van der Waals surface area contributed by atoms with E-state index in [1.165, 1.54) is 12.0 Å². The molecular formula is C17H20Cl2N4. The van der Waals surface area contributed by atoms with E-state index in [0.717, 1.165) is 43.1 Å². The van der Waals surface area contributed by atoms with Crippen molar-refractivity contribution in [3.8, 4) is 0 Å². The highest BCUT2D eigenvalue weighted by molar-refractivity contribution is 6.35. The first-order valence-corrected chi connectivity index (χ1v) is 8.60. The molecule has 3 N–H and O–H groups in total. The highest BCUT2D eigenvalue weighted by Crippen LogP contribution is 2.22. The molecular weight excluding hydrogens is 331 g/mol. The molecule has 0 bridgehead atoms. The van der Waals surface area contributed by atoms with E-state index in [0.29, 0.717) is 16.7 Å². The fourth-order valence-electron chi connectivity index (χ4n) is 2.63. The van der Waals surface area contributed by atoms with Crippen LogP contribution in [0.3, 0.4) is 0 Å². The van der Waals surface area contributed by atoms with Gasteiger partial charge in [0.15, 0.2) is 0 Å². The number of hydrogen-bond acceptors (Lipinski definition) is 4. The van der Waals surface area contributed by atoms with Gasteiger partial charge in [-0.15, -0.1) is 0 Å². The van der Waals surface area contributed by atoms with Crippen molar-refractivity contribution in [2.75, 3.05) is 30.4 Å². The van der Waals surface area contributed by atoms with Gasteiger partial charge in [-0.25, -0.2) is 4.98 Å². The molecule has 122 valence electrons. The Labute approximate surface area is 146 Å². The first kappa shape index (κ1) is 16.4. The van der Waals surface area contributed by atoms with Crippen LogP contribution in [0.2, 0.25) is 10.0 Å². The first-order chi connectivity index (χ1) is 11.2. The number of benzene rings is 1. The number of halogens is 2. The topological polar surface area (TPSA) is 49.0 Å². The number of aryl methyl sites for hydroxylation is 1. The zero-order valence-electron chi connectivity index (χ0n) is 12.8. The van der Waals surface area contributed by atoms with Gasteiger partial charge in [0, 0.05) is 40.9 Å². The van der Waals surface area contributed by atoms with Gasteiger partial charge in [0.05, 0.1) is 6.67 Å². The van der Waals surface area contributed by atoms with Gasteiger partial charge in [0.2, 0.25) is 0 Å². The molecule has 0 fully saturated rings. The number of aromatic nitrogens is 1. The molecule has 2 heterocycles. The molecule has 0 amide bonds. The van der Waals surface area contributed by atoms with Crippen LogP contribution >= 0.6 is 23.2 Å². The van der Waals surface area contributed by atoms with Crippen LogP contribution in [0.15, 0.2) is 30.3 Å². The molecule has 0 saturated heterocycles. The lowest BCUT2D eigenvalue weighted by atomic mass is 10.1. The predicted molar refractivity (Wildman–Crippen MR) is 97.7 cm³/mol. The van der Waals surface area contributed by atoms with E-state index >= 15 is 0 Å². The third kappa shape index (κ3) is 4.74. The van der Waals surface area contributed by atoms with E-state index < -0.39 is 0 Å². The summed E-state index contributed by atoms with van der Waals surface area (Å²) in [5.74, 6) is 1.06. The van der Waals surface area contributed by atoms with Crippen LogP contribution in [0, 0.1) is 0 Å². The summed E-state index contributed by atoms with van der Waals surface area (Å²) in [6.07, 6.45) is 3.21. The minimum atomic E-state index is 0.630. The number of pyridine rings is 1. The zero-order valence-corrected chi connectivity index (χ0v) is 14.3. The van der Waals surface area contributed by atoms with Crippen molar-refractivity contribution in [2.45, 2.75) is 19.3 Å². The van der Waals surface area contributed by atoms with Crippen molar-refractivity contribution < 1.29 is 0 Å². The highest BCUT2D eigenvalue weighted by atomic mass is 35.5. The molecule has 0 unspecified atom stereocenters. The van der Waals surface area contributed by atoms with Gasteiger partial charge in [0.25, 0.3) is 0 Å². The Morgan fingerprint density at radius 3 is 2.78 bits per heavy atom. The number of fused-ring (bicyclic) bond motifs is 1. The lowest BCUT2D eigenvalue weighted by Crippen LogP contribution is -2.24. The maximum atomic E-state index is 5.97. The molecule has 1 aromatic carbocycles. The smallest absolute Gasteiger partial charge is 0.129 e. The Kier molecular flexibility index (Phi) is 5.60. The van der Waals surface area contributed by atoms with E-state index in [-0.39, 0.29) is 0 Å². The molecule has 1 aromatic heterocycles. The maximum Gasteiger partial charge on any atom is 0.129 e. The molecule has 1 aliphatic rings. The third-order valence-electron chi connectivity index (χ3n) is 3.79. The summed E-state index contributed by atoms with van der Waals surface area (Å²) in [5.41, 5.74) is 3.34. The standard InChI is InChI=1S/C17H20Cl2N4/c18-13-8-14(19)10-16(9-13)22-11-20-7-5-15-4-3-12-2-1-6-21-17(12)23-15/h3-4,8-10,20,22H,1-2,5-7,11H2,(H,21,23). The number of hydrogen-bond donors (Lipinski definition) is 3. The highest BCUT2D eigenvalue weighted by Gasteiger charge is 2.09. The molecule has 0 spiro atoms. The Balaban J connectivity index is 1.43. The van der Waals surface area contributed by atoms with Crippen LogP contribution in [0.25, 0.3) is 0 Å². The summed E-state index contributed by atoms with van der Waals surface area (Å²) < 4.78 is 0. The van der Waals surface area contributed by atoms with Crippen LogP contribution in [-0.4, -0.2) is 24.7 Å². The van der Waals surface area contributed by atoms with Crippen molar-refractivity contribution in [2.24, 2.45) is 0 Å². The summed E-state index contributed by atoms with van der Waals surface area (Å²) in [6.45, 7) is 2.53. The second kappa shape index (κ2) is 7.86. The number of rotatable bonds is 6. The average molecular weight is 351 g/mol. The van der Waals surface area contributed by atoms with Crippen LogP contribution < -0.4 is 16.0 Å². The molecule has 0 saturated carbocycles. The molecule has 6 heteroatoms. The van der Waals surface area contributed by atoms with Crippen LogP contribution in [0.1, 0.15) is 17.7 Å². The van der Waals surface area contributed by atoms with Crippen LogP contribution in [0.4, 0.5) is 11.5 Å². The maximum absolute atomic E-state index is 5.97. The van der Waals surface area contributed by atoms with Gasteiger partial charge in [-0.1, -0.05) is 29.3 Å². The van der Waals surface area contributed by atoms with E-state index in [1.54, 1.807) is 6.07 Å². The Morgan fingerprint density at radius 2 is 1.96 bits per heavy atom. The SMILES string of the molecule is Clc1cc(Cl)cc(NCNCCc2ccc3c(n2)NCCC3)c1. The zero-order chi connectivity index (χ0) is 16.1. The van der Waals surface area contributed by atoms with E-state index in [2.05, 4.69) is 33.1 Å². The number of anilines is 2. The van der Waals surface area contributed by atoms with E-state index in [4.69, 9.17) is 23.2 Å². The minimum Gasteiger partial charge on any atom is -0.372 e. The molecule has 0 aliphatic carbocycles. The number of nitrogens with one attached hydrogen (secondary N) is 3. The summed E-state index contributed by atoms with van der Waals surface area (Å²) >= 11 is 11.9. The molecule has 0 atom stereocenters. The van der Waals surface area contributed by atoms with Crippen LogP contribution in [-0.2, 0) is 12.8 Å². The number of nitrogens with zero attached hydrogens (tertiary/aromatic N) is 1. The van der Waals surface area contributed by atoms with E-state index in [1.807, 2.05) is 12.1 Å². The van der Waals surface area contributed by atoms with Gasteiger partial charge >= 0.3 is 0 Å². The van der Waals surface area contributed by atoms with Crippen molar-refractivity contribution >= 4 is 34.7 Å². The molecule has 4 nitrogen and oxygen atoms in total. The van der Waals surface area contributed by atoms with Gasteiger partial charge in [-0.3, -0.25) is 5.32 Å². The van der Waals surface area contributed by atoms with Gasteiger partial charge < -0.3 is 10.6 Å². The van der Waals surface area contributed by atoms with Gasteiger partial charge in [-0.2, -0.15) is 0 Å². The molecule has 3 rings (SSSR count). The van der Waals surface area contributed by atoms with Gasteiger partial charge in [0.1, 0.15) is 5.82 Å². The molecule has 23 heavy (non-hydrogen) atoms. The molecule has 1 aliphatic heterocycles. The van der Waals surface area contributed by atoms with Crippen molar-refractivity contribution in [3.05, 3.63) is 51.6 Å². The fourth-order valence-corrected chi connectivity index (χ4v) is 3.16. The second-order valence-corrected chi connectivity index (χ2v) is 6.48. The average Bonchev–Trinajstić information content (AvgIpc) is 2.53. The Hall–Kier alpha value is -1.49. The quantitative estimate of drug-likeness (QED) is 0.545. The molecule has 0 radical (unpaired) electrons. The van der Waals surface area contributed by atoms with Crippen molar-refractivity contribution in [1.82, 2.24) is 10.3 Å². The van der Waals surface area contributed by atoms with E-state index in [9.17, 15) is 0 Å². The van der Waals surface area contributed by atoms with Crippen molar-refractivity contribution in [3.63, 3.8) is 0 Å². The first-order valence-electron chi connectivity index (χ1n) is 7.84. The largest absolute Gasteiger partial charge is 0.372 e. The monoisotopic (exact) mass is 350 g/mol. The summed E-state index contributed by atoms with van der Waals surface area (Å²) in [4.78, 5) is 4.69. The third-order valence-corrected chi connectivity index (χ3v) is 4.23. The fraction of sp³-hybridized carbons (Fsp3) is 0.353. The van der Waals surface area contributed by atoms with Crippen LogP contribution in [0.5, 0.6) is 0 Å². The summed E-state index contributed by atoms with van der Waals surface area (Å²) in [7, 11) is 0. The molecule has 2 aromatic rings.